The normalized spacial score (nSPS) is 10.3. The van der Waals surface area contributed by atoms with E-state index in [2.05, 4.69) is 10.3 Å². The Labute approximate surface area is 160 Å². The Morgan fingerprint density at radius 2 is 1.62 bits per heavy atom. The average molecular weight is 389 g/mol. The van der Waals surface area contributed by atoms with Crippen LogP contribution in [0.2, 0.25) is 5.02 Å². The summed E-state index contributed by atoms with van der Waals surface area (Å²) in [4.78, 5) is 16.4. The van der Waals surface area contributed by atoms with Crippen molar-refractivity contribution in [3.63, 3.8) is 0 Å². The molecular formula is C19H17ClN2O3S. The van der Waals surface area contributed by atoms with Gasteiger partial charge >= 0.3 is 0 Å². The number of halogens is 1. The first-order valence-corrected chi connectivity index (χ1v) is 9.23. The number of benzene rings is 2. The lowest BCUT2D eigenvalue weighted by Gasteiger charge is -2.09. The number of aromatic nitrogens is 1. The molecule has 2 aromatic carbocycles. The van der Waals surface area contributed by atoms with Gasteiger partial charge in [-0.15, -0.1) is 11.3 Å². The van der Waals surface area contributed by atoms with Crippen LogP contribution in [-0.4, -0.2) is 24.1 Å². The third-order valence-electron chi connectivity index (χ3n) is 3.47. The fourth-order valence-electron chi connectivity index (χ4n) is 2.15. The quantitative estimate of drug-likeness (QED) is 0.588. The van der Waals surface area contributed by atoms with E-state index in [1.165, 1.54) is 11.3 Å². The number of nitrogens with one attached hydrogen (secondary N) is 1. The molecule has 26 heavy (non-hydrogen) atoms. The fraction of sp³-hybridized carbons (Fsp3) is 0.158. The molecule has 3 aromatic rings. The van der Waals surface area contributed by atoms with Crippen LogP contribution in [0.1, 0.15) is 15.2 Å². The minimum atomic E-state index is -0.118. The Morgan fingerprint density at radius 1 is 1.00 bits per heavy atom. The number of rotatable bonds is 8. The number of carbonyl (C=O) groups is 1. The third-order valence-corrected chi connectivity index (χ3v) is 4.49. The Kier molecular flexibility index (Phi) is 6.46. The maximum absolute atomic E-state index is 11.9. The van der Waals surface area contributed by atoms with Crippen LogP contribution in [0.25, 0.3) is 0 Å². The molecule has 0 bridgehead atoms. The molecule has 0 aliphatic rings. The highest BCUT2D eigenvalue weighted by Crippen LogP contribution is 2.16. The summed E-state index contributed by atoms with van der Waals surface area (Å²) in [5.74, 6) is 1.39. The van der Waals surface area contributed by atoms with Crippen LogP contribution in [0, 0.1) is 0 Å². The lowest BCUT2D eigenvalue weighted by molar-refractivity contribution is 0.0955. The van der Waals surface area contributed by atoms with E-state index in [1.807, 2.05) is 36.4 Å². The molecular weight excluding hydrogens is 372 g/mol. The van der Waals surface area contributed by atoms with Crippen molar-refractivity contribution in [2.75, 3.05) is 13.2 Å². The predicted molar refractivity (Wildman–Crippen MR) is 102 cm³/mol. The molecule has 0 aliphatic heterocycles. The smallest absolute Gasteiger partial charge is 0.263 e. The van der Waals surface area contributed by atoms with Crippen LogP contribution in [0.15, 0.2) is 60.2 Å². The van der Waals surface area contributed by atoms with Gasteiger partial charge in [-0.3, -0.25) is 9.78 Å². The van der Waals surface area contributed by atoms with E-state index >= 15 is 0 Å². The number of hydrogen-bond donors (Lipinski definition) is 1. The van der Waals surface area contributed by atoms with Gasteiger partial charge in [0.05, 0.1) is 11.7 Å². The molecule has 0 saturated carbocycles. The molecule has 1 heterocycles. The van der Waals surface area contributed by atoms with Crippen molar-refractivity contribution in [1.82, 2.24) is 10.3 Å². The van der Waals surface area contributed by atoms with Crippen LogP contribution in [0.4, 0.5) is 0 Å². The van der Waals surface area contributed by atoms with Gasteiger partial charge in [0, 0.05) is 11.6 Å². The van der Waals surface area contributed by atoms with Gasteiger partial charge in [0.2, 0.25) is 0 Å². The number of nitrogens with zero attached hydrogens (tertiary/aromatic N) is 1. The highest BCUT2D eigenvalue weighted by molar-refractivity contribution is 7.11. The Balaban J connectivity index is 1.38. The molecule has 134 valence electrons. The molecule has 5 nitrogen and oxygen atoms in total. The van der Waals surface area contributed by atoms with E-state index < -0.39 is 0 Å². The fourth-order valence-corrected chi connectivity index (χ4v) is 2.81. The minimum absolute atomic E-state index is 0.118. The van der Waals surface area contributed by atoms with Crippen molar-refractivity contribution in [3.8, 4) is 11.5 Å². The molecule has 7 heteroatoms. The lowest BCUT2D eigenvalue weighted by atomic mass is 10.2. The molecule has 1 N–H and O–H groups in total. The standard InChI is InChI=1S/C19H17ClN2O3S/c20-15-3-7-17(8-4-15)25-10-9-24-16-5-1-14(2-6-16)11-22-19(23)18-12-21-13-26-18/h1-8,12-13H,9-11H2,(H,22,23). The molecule has 0 fully saturated rings. The van der Waals surface area contributed by atoms with Crippen molar-refractivity contribution in [2.45, 2.75) is 6.54 Å². The third kappa shape index (κ3) is 5.47. The van der Waals surface area contributed by atoms with Crippen LogP contribution in [0.3, 0.4) is 0 Å². The summed E-state index contributed by atoms with van der Waals surface area (Å²) in [6.07, 6.45) is 1.56. The summed E-state index contributed by atoms with van der Waals surface area (Å²) in [7, 11) is 0. The zero-order valence-electron chi connectivity index (χ0n) is 13.9. The lowest BCUT2D eigenvalue weighted by Crippen LogP contribution is -2.21. The van der Waals surface area contributed by atoms with Gasteiger partial charge in [-0.05, 0) is 42.0 Å². The summed E-state index contributed by atoms with van der Waals surface area (Å²) < 4.78 is 11.2. The van der Waals surface area contributed by atoms with Crippen molar-refractivity contribution < 1.29 is 14.3 Å². The summed E-state index contributed by atoms with van der Waals surface area (Å²) in [6, 6.07) is 14.8. The van der Waals surface area contributed by atoms with Gasteiger partial charge in [-0.2, -0.15) is 0 Å². The summed E-state index contributed by atoms with van der Waals surface area (Å²) in [5.41, 5.74) is 2.63. The molecule has 3 rings (SSSR count). The van der Waals surface area contributed by atoms with E-state index in [9.17, 15) is 4.79 Å². The second-order valence-corrected chi connectivity index (χ2v) is 6.67. The van der Waals surface area contributed by atoms with Gasteiger partial charge in [0.15, 0.2) is 0 Å². The van der Waals surface area contributed by atoms with Crippen LogP contribution in [0.5, 0.6) is 11.5 Å². The molecule has 1 aromatic heterocycles. The van der Waals surface area contributed by atoms with Crippen LogP contribution >= 0.6 is 22.9 Å². The number of carbonyl (C=O) groups excluding carboxylic acids is 1. The van der Waals surface area contributed by atoms with E-state index in [0.29, 0.717) is 29.7 Å². The summed E-state index contributed by atoms with van der Waals surface area (Å²) in [5, 5.41) is 3.53. The summed E-state index contributed by atoms with van der Waals surface area (Å²) in [6.45, 7) is 1.33. The first-order chi connectivity index (χ1) is 12.7. The topological polar surface area (TPSA) is 60.5 Å². The van der Waals surface area contributed by atoms with Crippen molar-refractivity contribution in [1.29, 1.82) is 0 Å². The Morgan fingerprint density at radius 3 is 2.19 bits per heavy atom. The molecule has 0 saturated heterocycles. The van der Waals surface area contributed by atoms with E-state index in [4.69, 9.17) is 21.1 Å². The molecule has 0 radical (unpaired) electrons. The molecule has 0 spiro atoms. The van der Waals surface area contributed by atoms with Crippen molar-refractivity contribution >= 4 is 28.8 Å². The molecule has 1 amide bonds. The first-order valence-electron chi connectivity index (χ1n) is 7.97. The van der Waals surface area contributed by atoms with Crippen molar-refractivity contribution in [2.24, 2.45) is 0 Å². The van der Waals surface area contributed by atoms with Gasteiger partial charge in [0.25, 0.3) is 5.91 Å². The zero-order chi connectivity index (χ0) is 18.2. The highest BCUT2D eigenvalue weighted by Gasteiger charge is 2.06. The minimum Gasteiger partial charge on any atom is -0.490 e. The molecule has 0 atom stereocenters. The van der Waals surface area contributed by atoms with Crippen LogP contribution in [-0.2, 0) is 6.54 Å². The zero-order valence-corrected chi connectivity index (χ0v) is 15.4. The van der Waals surface area contributed by atoms with Gasteiger partial charge in [-0.1, -0.05) is 23.7 Å². The maximum atomic E-state index is 11.9. The van der Waals surface area contributed by atoms with Gasteiger partial charge in [0.1, 0.15) is 29.6 Å². The van der Waals surface area contributed by atoms with E-state index in [-0.39, 0.29) is 5.91 Å². The van der Waals surface area contributed by atoms with Crippen LogP contribution < -0.4 is 14.8 Å². The number of ether oxygens (including phenoxy) is 2. The van der Waals surface area contributed by atoms with Gasteiger partial charge in [-0.25, -0.2) is 0 Å². The average Bonchev–Trinajstić information content (AvgIpc) is 3.20. The first kappa shape index (κ1) is 18.2. The monoisotopic (exact) mass is 388 g/mol. The second-order valence-electron chi connectivity index (χ2n) is 5.34. The van der Waals surface area contributed by atoms with E-state index in [0.717, 1.165) is 17.1 Å². The van der Waals surface area contributed by atoms with Crippen molar-refractivity contribution in [3.05, 3.63) is 75.7 Å². The predicted octanol–water partition coefficient (Wildman–Crippen LogP) is 4.18. The Bertz CT molecular complexity index is 821. The largest absolute Gasteiger partial charge is 0.490 e. The SMILES string of the molecule is O=C(NCc1ccc(OCCOc2ccc(Cl)cc2)cc1)c1cncs1. The maximum Gasteiger partial charge on any atom is 0.263 e. The van der Waals surface area contributed by atoms with Gasteiger partial charge < -0.3 is 14.8 Å². The molecule has 0 aliphatic carbocycles. The Hall–Kier alpha value is -2.57. The number of hydrogen-bond acceptors (Lipinski definition) is 5. The number of amides is 1. The highest BCUT2D eigenvalue weighted by atomic mass is 35.5. The molecule has 0 unspecified atom stereocenters. The van der Waals surface area contributed by atoms with E-state index in [1.54, 1.807) is 23.8 Å². The second kappa shape index (κ2) is 9.22. The summed E-state index contributed by atoms with van der Waals surface area (Å²) >= 11 is 7.14. The number of thiazole rings is 1.